The first-order chi connectivity index (χ1) is 8.08. The van der Waals surface area contributed by atoms with Crippen LogP contribution in [0.1, 0.15) is 41.0 Å². The van der Waals surface area contributed by atoms with Crippen molar-refractivity contribution >= 4 is 12.1 Å². The highest BCUT2D eigenvalue weighted by Gasteiger charge is 2.42. The second-order valence-corrected chi connectivity index (χ2v) is 5.91. The standard InChI is InChI=1S/C13H21NO4/c1-12(2,3)18-11(16)14-9(10(15)17-6)7-8-13(14,4)5/h7H,8H2,1-6H3. The number of carbonyl (C=O) groups is 2. The number of esters is 1. The summed E-state index contributed by atoms with van der Waals surface area (Å²) in [6.45, 7) is 9.12. The van der Waals surface area contributed by atoms with Gasteiger partial charge in [-0.25, -0.2) is 9.59 Å². The van der Waals surface area contributed by atoms with Crippen molar-refractivity contribution in [2.45, 2.75) is 52.2 Å². The van der Waals surface area contributed by atoms with Crippen molar-refractivity contribution in [3.05, 3.63) is 11.8 Å². The van der Waals surface area contributed by atoms with E-state index in [9.17, 15) is 9.59 Å². The molecule has 0 aliphatic carbocycles. The van der Waals surface area contributed by atoms with E-state index < -0.39 is 23.2 Å². The number of amides is 1. The van der Waals surface area contributed by atoms with Gasteiger partial charge in [-0.05, 0) is 41.0 Å². The molecule has 0 bridgehead atoms. The molecule has 0 unspecified atom stereocenters. The minimum atomic E-state index is -0.600. The van der Waals surface area contributed by atoms with Crippen molar-refractivity contribution in [3.63, 3.8) is 0 Å². The van der Waals surface area contributed by atoms with Crippen LogP contribution in [0.15, 0.2) is 11.8 Å². The predicted molar refractivity (Wildman–Crippen MR) is 66.9 cm³/mol. The lowest BCUT2D eigenvalue weighted by Crippen LogP contribution is -2.47. The van der Waals surface area contributed by atoms with Crippen LogP contribution in [0, 0.1) is 0 Å². The van der Waals surface area contributed by atoms with Crippen LogP contribution in [-0.4, -0.2) is 35.2 Å². The topological polar surface area (TPSA) is 55.8 Å². The lowest BCUT2D eigenvalue weighted by Gasteiger charge is -2.34. The lowest BCUT2D eigenvalue weighted by atomic mass is 10.0. The molecule has 5 nitrogen and oxygen atoms in total. The molecule has 0 N–H and O–H groups in total. The summed E-state index contributed by atoms with van der Waals surface area (Å²) in [7, 11) is 1.29. The molecule has 1 heterocycles. The summed E-state index contributed by atoms with van der Waals surface area (Å²) >= 11 is 0. The van der Waals surface area contributed by atoms with Crippen LogP contribution in [0.4, 0.5) is 4.79 Å². The smallest absolute Gasteiger partial charge is 0.415 e. The normalized spacial score (nSPS) is 18.3. The molecule has 0 saturated carbocycles. The summed E-state index contributed by atoms with van der Waals surface area (Å²) in [6.07, 6.45) is 1.77. The van der Waals surface area contributed by atoms with Gasteiger partial charge < -0.3 is 9.47 Å². The Morgan fingerprint density at radius 2 is 1.89 bits per heavy atom. The van der Waals surface area contributed by atoms with E-state index in [1.54, 1.807) is 26.8 Å². The maximum atomic E-state index is 12.2. The van der Waals surface area contributed by atoms with Crippen molar-refractivity contribution in [2.24, 2.45) is 0 Å². The molecule has 0 aromatic carbocycles. The van der Waals surface area contributed by atoms with Gasteiger partial charge in [0.15, 0.2) is 0 Å². The highest BCUT2D eigenvalue weighted by Crippen LogP contribution is 2.33. The fourth-order valence-corrected chi connectivity index (χ4v) is 1.79. The number of hydrogen-bond donors (Lipinski definition) is 0. The van der Waals surface area contributed by atoms with E-state index in [0.29, 0.717) is 6.42 Å². The maximum Gasteiger partial charge on any atom is 0.415 e. The average Bonchev–Trinajstić information content (AvgIpc) is 2.50. The minimum absolute atomic E-state index is 0.247. The van der Waals surface area contributed by atoms with Gasteiger partial charge in [-0.1, -0.05) is 6.08 Å². The fraction of sp³-hybridized carbons (Fsp3) is 0.692. The number of rotatable bonds is 1. The van der Waals surface area contributed by atoms with E-state index in [1.807, 2.05) is 13.8 Å². The molecule has 1 aliphatic rings. The van der Waals surface area contributed by atoms with Crippen molar-refractivity contribution < 1.29 is 19.1 Å². The molecule has 18 heavy (non-hydrogen) atoms. The van der Waals surface area contributed by atoms with Crippen LogP contribution >= 0.6 is 0 Å². The van der Waals surface area contributed by atoms with Crippen LogP contribution in [0.5, 0.6) is 0 Å². The molecular weight excluding hydrogens is 234 g/mol. The van der Waals surface area contributed by atoms with Gasteiger partial charge in [0.05, 0.1) is 7.11 Å². The molecule has 5 heteroatoms. The van der Waals surface area contributed by atoms with Gasteiger partial charge in [0.1, 0.15) is 11.3 Å². The van der Waals surface area contributed by atoms with Crippen LogP contribution in [0.25, 0.3) is 0 Å². The highest BCUT2D eigenvalue weighted by atomic mass is 16.6. The minimum Gasteiger partial charge on any atom is -0.464 e. The van der Waals surface area contributed by atoms with Gasteiger partial charge in [-0.15, -0.1) is 0 Å². The van der Waals surface area contributed by atoms with Gasteiger partial charge >= 0.3 is 12.1 Å². The zero-order valence-corrected chi connectivity index (χ0v) is 11.9. The van der Waals surface area contributed by atoms with Gasteiger partial charge in [-0.3, -0.25) is 4.90 Å². The monoisotopic (exact) mass is 255 g/mol. The van der Waals surface area contributed by atoms with E-state index >= 15 is 0 Å². The third-order valence-electron chi connectivity index (χ3n) is 2.61. The molecular formula is C13H21NO4. The fourth-order valence-electron chi connectivity index (χ4n) is 1.79. The number of ether oxygens (including phenoxy) is 2. The van der Waals surface area contributed by atoms with Gasteiger partial charge in [-0.2, -0.15) is 0 Å². The Bertz CT molecular complexity index is 390. The summed E-state index contributed by atoms with van der Waals surface area (Å²) in [5, 5.41) is 0. The Hall–Kier alpha value is -1.52. The molecule has 0 spiro atoms. The number of nitrogens with zero attached hydrogens (tertiary/aromatic N) is 1. The Balaban J connectivity index is 2.98. The van der Waals surface area contributed by atoms with Crippen molar-refractivity contribution in [1.82, 2.24) is 4.90 Å². The van der Waals surface area contributed by atoms with E-state index in [2.05, 4.69) is 4.74 Å². The third-order valence-corrected chi connectivity index (χ3v) is 2.61. The molecule has 102 valence electrons. The summed E-state index contributed by atoms with van der Waals surface area (Å²) in [4.78, 5) is 25.2. The Morgan fingerprint density at radius 3 is 2.33 bits per heavy atom. The molecule has 1 amide bonds. The van der Waals surface area contributed by atoms with Gasteiger partial charge in [0.25, 0.3) is 0 Å². The SMILES string of the molecule is COC(=O)C1=CCC(C)(C)N1C(=O)OC(C)(C)C. The summed E-state index contributed by atoms with van der Waals surface area (Å²) in [5.74, 6) is -0.522. The largest absolute Gasteiger partial charge is 0.464 e. The molecule has 0 fully saturated rings. The first-order valence-electron chi connectivity index (χ1n) is 5.90. The second kappa shape index (κ2) is 4.63. The Kier molecular flexibility index (Phi) is 3.74. The van der Waals surface area contributed by atoms with E-state index in [-0.39, 0.29) is 5.70 Å². The zero-order valence-electron chi connectivity index (χ0n) is 11.9. The number of hydrogen-bond acceptors (Lipinski definition) is 4. The van der Waals surface area contributed by atoms with Crippen LogP contribution < -0.4 is 0 Å². The Labute approximate surface area is 108 Å². The van der Waals surface area contributed by atoms with Crippen LogP contribution in [0.3, 0.4) is 0 Å². The molecule has 1 aliphatic heterocycles. The first kappa shape index (κ1) is 14.5. The lowest BCUT2D eigenvalue weighted by molar-refractivity contribution is -0.138. The third kappa shape index (κ3) is 3.03. The summed E-state index contributed by atoms with van der Waals surface area (Å²) < 4.78 is 10.0. The zero-order chi connectivity index (χ0) is 14.1. The maximum absolute atomic E-state index is 12.2. The second-order valence-electron chi connectivity index (χ2n) is 5.91. The van der Waals surface area contributed by atoms with Crippen LogP contribution in [0.2, 0.25) is 0 Å². The summed E-state index contributed by atoms with van der Waals surface area (Å²) in [5.41, 5.74) is -0.834. The van der Waals surface area contributed by atoms with Crippen molar-refractivity contribution in [1.29, 1.82) is 0 Å². The van der Waals surface area contributed by atoms with E-state index in [4.69, 9.17) is 4.74 Å². The highest BCUT2D eigenvalue weighted by molar-refractivity contribution is 5.93. The molecule has 0 saturated heterocycles. The van der Waals surface area contributed by atoms with Crippen molar-refractivity contribution in [2.75, 3.05) is 7.11 Å². The molecule has 0 aromatic rings. The molecule has 0 atom stereocenters. The predicted octanol–water partition coefficient (Wildman–Crippen LogP) is 2.46. The van der Waals surface area contributed by atoms with Gasteiger partial charge in [0.2, 0.25) is 0 Å². The quantitative estimate of drug-likeness (QED) is 0.675. The van der Waals surface area contributed by atoms with E-state index in [0.717, 1.165) is 0 Å². The Morgan fingerprint density at radius 1 is 1.33 bits per heavy atom. The van der Waals surface area contributed by atoms with Crippen LogP contribution in [-0.2, 0) is 14.3 Å². The average molecular weight is 255 g/mol. The molecule has 0 aromatic heterocycles. The van der Waals surface area contributed by atoms with E-state index in [1.165, 1.54) is 12.0 Å². The van der Waals surface area contributed by atoms with Gasteiger partial charge in [0, 0.05) is 5.54 Å². The summed E-state index contributed by atoms with van der Waals surface area (Å²) in [6, 6.07) is 0. The molecule has 1 rings (SSSR count). The number of methoxy groups -OCH3 is 1. The molecule has 0 radical (unpaired) electrons. The number of carbonyl (C=O) groups excluding carboxylic acids is 2. The first-order valence-corrected chi connectivity index (χ1v) is 5.90. The van der Waals surface area contributed by atoms with Crippen molar-refractivity contribution in [3.8, 4) is 0 Å².